The van der Waals surface area contributed by atoms with Crippen LogP contribution >= 0.6 is 39.3 Å². The summed E-state index contributed by atoms with van der Waals surface area (Å²) in [6, 6.07) is 8.58. The minimum Gasteiger partial charge on any atom is -0.478 e. The fourth-order valence-corrected chi connectivity index (χ4v) is 2.76. The van der Waals surface area contributed by atoms with Gasteiger partial charge in [0.2, 0.25) is 0 Å². The van der Waals surface area contributed by atoms with Gasteiger partial charge in [-0.1, -0.05) is 23.4 Å². The molecule has 18 heavy (non-hydrogen) atoms. The second kappa shape index (κ2) is 5.73. The van der Waals surface area contributed by atoms with Crippen molar-refractivity contribution in [1.29, 1.82) is 0 Å². The molecule has 1 aromatic heterocycles. The topological polar surface area (TPSA) is 50.2 Å². The Morgan fingerprint density at radius 2 is 2.17 bits per heavy atom. The van der Waals surface area contributed by atoms with E-state index in [4.69, 9.17) is 16.7 Å². The zero-order valence-corrected chi connectivity index (χ0v) is 12.1. The van der Waals surface area contributed by atoms with Gasteiger partial charge >= 0.3 is 5.97 Å². The number of carboxylic acid groups (broad SMARTS) is 1. The number of rotatable bonds is 3. The van der Waals surface area contributed by atoms with E-state index in [-0.39, 0.29) is 5.56 Å². The van der Waals surface area contributed by atoms with Crippen LogP contribution in [-0.2, 0) is 0 Å². The highest BCUT2D eigenvalue weighted by molar-refractivity contribution is 9.10. The Morgan fingerprint density at radius 3 is 2.83 bits per heavy atom. The average molecular weight is 345 g/mol. The summed E-state index contributed by atoms with van der Waals surface area (Å²) in [5.41, 5.74) is 0.215. The van der Waals surface area contributed by atoms with E-state index in [9.17, 15) is 4.79 Å². The molecule has 0 aliphatic heterocycles. The van der Waals surface area contributed by atoms with E-state index in [2.05, 4.69) is 20.9 Å². The van der Waals surface area contributed by atoms with Crippen molar-refractivity contribution in [3.8, 4) is 0 Å². The lowest BCUT2D eigenvalue weighted by Crippen LogP contribution is -1.97. The van der Waals surface area contributed by atoms with Gasteiger partial charge in [0.05, 0.1) is 10.6 Å². The maximum atomic E-state index is 11.0. The number of hydrogen-bond donors (Lipinski definition) is 1. The monoisotopic (exact) mass is 343 g/mol. The van der Waals surface area contributed by atoms with Gasteiger partial charge < -0.3 is 5.11 Å². The Morgan fingerprint density at radius 1 is 1.39 bits per heavy atom. The predicted octanol–water partition coefficient (Wildman–Crippen LogP) is 4.35. The molecule has 0 unspecified atom stereocenters. The largest absolute Gasteiger partial charge is 0.478 e. The molecule has 0 saturated heterocycles. The van der Waals surface area contributed by atoms with Crippen molar-refractivity contribution < 1.29 is 9.90 Å². The van der Waals surface area contributed by atoms with Crippen molar-refractivity contribution >= 4 is 45.3 Å². The van der Waals surface area contributed by atoms with E-state index in [0.29, 0.717) is 14.5 Å². The van der Waals surface area contributed by atoms with Crippen LogP contribution in [0.15, 0.2) is 50.9 Å². The summed E-state index contributed by atoms with van der Waals surface area (Å²) < 4.78 is 0.548. The lowest BCUT2D eigenvalue weighted by atomic mass is 10.2. The Hall–Kier alpha value is -1.04. The molecule has 0 aliphatic rings. The highest BCUT2D eigenvalue weighted by Crippen LogP contribution is 2.33. The first-order chi connectivity index (χ1) is 8.58. The minimum atomic E-state index is -0.976. The zero-order valence-electron chi connectivity index (χ0n) is 8.93. The van der Waals surface area contributed by atoms with Crippen molar-refractivity contribution in [3.05, 3.63) is 51.6 Å². The Bertz CT molecular complexity index is 606. The van der Waals surface area contributed by atoms with E-state index in [0.717, 1.165) is 4.90 Å². The van der Waals surface area contributed by atoms with Crippen LogP contribution < -0.4 is 0 Å². The molecule has 3 nitrogen and oxygen atoms in total. The third-order valence-corrected chi connectivity index (χ3v) is 4.22. The number of halogens is 2. The predicted molar refractivity (Wildman–Crippen MR) is 74.5 cm³/mol. The molecule has 0 atom stereocenters. The summed E-state index contributed by atoms with van der Waals surface area (Å²) in [6.45, 7) is 0. The van der Waals surface area contributed by atoms with E-state index in [1.807, 2.05) is 6.07 Å². The van der Waals surface area contributed by atoms with Crippen LogP contribution in [-0.4, -0.2) is 16.1 Å². The van der Waals surface area contributed by atoms with E-state index in [1.165, 1.54) is 11.8 Å². The SMILES string of the molecule is O=C(O)c1cc(Sc2ncccc2Cl)ccc1Br. The van der Waals surface area contributed by atoms with Gasteiger partial charge in [0.1, 0.15) is 5.03 Å². The molecule has 0 spiro atoms. The minimum absolute atomic E-state index is 0.215. The van der Waals surface area contributed by atoms with Crippen LogP contribution in [0.2, 0.25) is 5.02 Å². The number of carboxylic acids is 1. The molecule has 0 radical (unpaired) electrons. The van der Waals surface area contributed by atoms with Gasteiger partial charge in [0.25, 0.3) is 0 Å². The van der Waals surface area contributed by atoms with Crippen molar-refractivity contribution in [3.63, 3.8) is 0 Å². The molecule has 2 aromatic rings. The van der Waals surface area contributed by atoms with Crippen molar-refractivity contribution in [2.45, 2.75) is 9.92 Å². The smallest absolute Gasteiger partial charge is 0.336 e. The Labute approximate surface area is 121 Å². The molecular weight excluding hydrogens is 338 g/mol. The summed E-state index contributed by atoms with van der Waals surface area (Å²) in [5.74, 6) is -0.976. The third kappa shape index (κ3) is 3.04. The quantitative estimate of drug-likeness (QED) is 0.899. The van der Waals surface area contributed by atoms with Crippen LogP contribution in [0.4, 0.5) is 0 Å². The summed E-state index contributed by atoms with van der Waals surface area (Å²) >= 11 is 10.5. The van der Waals surface area contributed by atoms with Crippen molar-refractivity contribution in [1.82, 2.24) is 4.98 Å². The van der Waals surface area contributed by atoms with Gasteiger partial charge in [-0.25, -0.2) is 9.78 Å². The van der Waals surface area contributed by atoms with Gasteiger partial charge in [-0.3, -0.25) is 0 Å². The van der Waals surface area contributed by atoms with Gasteiger partial charge in [0, 0.05) is 15.6 Å². The highest BCUT2D eigenvalue weighted by Gasteiger charge is 2.11. The van der Waals surface area contributed by atoms with Gasteiger partial charge in [-0.15, -0.1) is 0 Å². The summed E-state index contributed by atoms with van der Waals surface area (Å²) in [5, 5.41) is 10.2. The van der Waals surface area contributed by atoms with Gasteiger partial charge in [-0.2, -0.15) is 0 Å². The molecule has 0 bridgehead atoms. The lowest BCUT2D eigenvalue weighted by Gasteiger charge is -2.05. The lowest BCUT2D eigenvalue weighted by molar-refractivity contribution is 0.0695. The van der Waals surface area contributed by atoms with Crippen LogP contribution in [0.25, 0.3) is 0 Å². The number of pyridine rings is 1. The highest BCUT2D eigenvalue weighted by atomic mass is 79.9. The Balaban J connectivity index is 2.33. The average Bonchev–Trinajstić information content (AvgIpc) is 2.34. The first-order valence-electron chi connectivity index (χ1n) is 4.89. The normalized spacial score (nSPS) is 10.3. The van der Waals surface area contributed by atoms with Crippen molar-refractivity contribution in [2.24, 2.45) is 0 Å². The summed E-state index contributed by atoms with van der Waals surface area (Å²) in [6.07, 6.45) is 1.64. The maximum Gasteiger partial charge on any atom is 0.336 e. The van der Waals surface area contributed by atoms with Crippen LogP contribution in [0.1, 0.15) is 10.4 Å². The van der Waals surface area contributed by atoms with Crippen molar-refractivity contribution in [2.75, 3.05) is 0 Å². The van der Waals surface area contributed by atoms with E-state index >= 15 is 0 Å². The molecule has 1 aromatic carbocycles. The zero-order chi connectivity index (χ0) is 13.1. The summed E-state index contributed by atoms with van der Waals surface area (Å²) in [7, 11) is 0. The molecule has 92 valence electrons. The molecule has 0 amide bonds. The van der Waals surface area contributed by atoms with E-state index < -0.39 is 5.97 Å². The molecule has 1 N–H and O–H groups in total. The fourth-order valence-electron chi connectivity index (χ4n) is 1.29. The second-order valence-electron chi connectivity index (χ2n) is 3.34. The maximum absolute atomic E-state index is 11.0. The first kappa shape index (κ1) is 13.4. The number of benzene rings is 1. The molecule has 6 heteroatoms. The molecule has 0 fully saturated rings. The van der Waals surface area contributed by atoms with Crippen LogP contribution in [0, 0.1) is 0 Å². The van der Waals surface area contributed by atoms with E-state index in [1.54, 1.807) is 30.5 Å². The number of nitrogens with zero attached hydrogens (tertiary/aromatic N) is 1. The van der Waals surface area contributed by atoms with Gasteiger partial charge in [-0.05, 0) is 46.3 Å². The number of aromatic nitrogens is 1. The Kier molecular flexibility index (Phi) is 4.27. The molecule has 0 saturated carbocycles. The molecule has 2 rings (SSSR count). The molecule has 1 heterocycles. The molecule has 0 aliphatic carbocycles. The number of carbonyl (C=O) groups is 1. The van der Waals surface area contributed by atoms with Crippen LogP contribution in [0.3, 0.4) is 0 Å². The third-order valence-electron chi connectivity index (χ3n) is 2.11. The fraction of sp³-hybridized carbons (Fsp3) is 0. The number of aromatic carboxylic acids is 1. The summed E-state index contributed by atoms with van der Waals surface area (Å²) in [4.78, 5) is 15.9. The standard InChI is InChI=1S/C12H7BrClNO2S/c13-9-4-3-7(6-8(9)12(16)17)18-11-10(14)2-1-5-15-11/h1-6H,(H,16,17). The van der Waals surface area contributed by atoms with Gasteiger partial charge in [0.15, 0.2) is 0 Å². The number of hydrogen-bond acceptors (Lipinski definition) is 3. The first-order valence-corrected chi connectivity index (χ1v) is 6.88. The molecular formula is C12H7BrClNO2S. The van der Waals surface area contributed by atoms with Crippen LogP contribution in [0.5, 0.6) is 0 Å². The second-order valence-corrected chi connectivity index (χ2v) is 5.66.